The topological polar surface area (TPSA) is 43.9 Å². The third-order valence-corrected chi connectivity index (χ3v) is 2.83. The predicted octanol–water partition coefficient (Wildman–Crippen LogP) is 2.83. The van der Waals surface area contributed by atoms with Gasteiger partial charge in [-0.25, -0.2) is 4.98 Å². The molecule has 0 spiro atoms. The van der Waals surface area contributed by atoms with Crippen LogP contribution >= 0.6 is 22.6 Å². The Hall–Kier alpha value is -1.37. The average Bonchev–Trinajstić information content (AvgIpc) is 2.81. The Bertz CT molecular complexity index is 656. The van der Waals surface area contributed by atoms with E-state index in [4.69, 9.17) is 4.42 Å². The molecular weight excluding hydrogens is 317 g/mol. The van der Waals surface area contributed by atoms with E-state index >= 15 is 0 Å². The molecule has 0 amide bonds. The highest BCUT2D eigenvalue weighted by Crippen LogP contribution is 2.23. The van der Waals surface area contributed by atoms with Crippen LogP contribution in [-0.4, -0.2) is 14.8 Å². The first-order chi connectivity index (χ1) is 7.72. The second-order valence-electron chi connectivity index (χ2n) is 3.52. The first kappa shape index (κ1) is 9.83. The molecule has 0 radical (unpaired) electrons. The number of rotatable bonds is 1. The van der Waals surface area contributed by atoms with Crippen molar-refractivity contribution in [2.24, 2.45) is 7.05 Å². The molecule has 0 atom stereocenters. The van der Waals surface area contributed by atoms with Crippen molar-refractivity contribution in [2.45, 2.75) is 0 Å². The lowest BCUT2D eigenvalue weighted by Gasteiger charge is -1.95. The van der Waals surface area contributed by atoms with Gasteiger partial charge in [-0.15, -0.1) is 0 Å². The first-order valence-electron chi connectivity index (χ1n) is 4.78. The highest BCUT2D eigenvalue weighted by molar-refractivity contribution is 14.1. The molecule has 2 aromatic heterocycles. The van der Waals surface area contributed by atoms with E-state index in [9.17, 15) is 0 Å². The fourth-order valence-corrected chi connectivity index (χ4v) is 2.12. The van der Waals surface area contributed by atoms with E-state index in [0.717, 1.165) is 22.4 Å². The van der Waals surface area contributed by atoms with E-state index in [2.05, 4.69) is 32.7 Å². The number of nitrogens with zero attached hydrogens (tertiary/aromatic N) is 3. The molecule has 0 aliphatic carbocycles. The van der Waals surface area contributed by atoms with Gasteiger partial charge < -0.3 is 4.42 Å². The number of aromatic nitrogens is 3. The fraction of sp³-hybridized carbons (Fsp3) is 0.0909. The largest absolute Gasteiger partial charge is 0.432 e. The van der Waals surface area contributed by atoms with Crippen LogP contribution in [0.15, 0.2) is 34.9 Å². The van der Waals surface area contributed by atoms with E-state index in [1.54, 1.807) is 4.68 Å². The summed E-state index contributed by atoms with van der Waals surface area (Å²) in [5.41, 5.74) is 3.68. The van der Waals surface area contributed by atoms with Crippen molar-refractivity contribution < 1.29 is 4.42 Å². The number of aryl methyl sites for hydroxylation is 1. The van der Waals surface area contributed by atoms with E-state index in [1.165, 1.54) is 0 Å². The molecular formula is C11H8IN3O. The monoisotopic (exact) mass is 325 g/mol. The maximum absolute atomic E-state index is 5.41. The number of fused-ring (bicyclic) bond motifs is 1. The summed E-state index contributed by atoms with van der Waals surface area (Å²) in [4.78, 5) is 4.29. The zero-order chi connectivity index (χ0) is 11.1. The van der Waals surface area contributed by atoms with Crippen molar-refractivity contribution in [1.29, 1.82) is 0 Å². The van der Waals surface area contributed by atoms with Crippen molar-refractivity contribution in [1.82, 2.24) is 14.8 Å². The van der Waals surface area contributed by atoms with E-state index in [-0.39, 0.29) is 0 Å². The fourth-order valence-electron chi connectivity index (χ4n) is 1.63. The summed E-state index contributed by atoms with van der Waals surface area (Å²) < 4.78 is 7.86. The molecule has 16 heavy (non-hydrogen) atoms. The summed E-state index contributed by atoms with van der Waals surface area (Å²) >= 11 is 2.07. The second kappa shape index (κ2) is 3.58. The molecule has 3 aromatic rings. The van der Waals surface area contributed by atoms with Crippen LogP contribution in [0.25, 0.3) is 22.4 Å². The molecule has 0 saturated heterocycles. The summed E-state index contributed by atoms with van der Waals surface area (Å²) in [6.07, 6.45) is 1.92. The van der Waals surface area contributed by atoms with Gasteiger partial charge in [0.15, 0.2) is 5.58 Å². The highest BCUT2D eigenvalue weighted by atomic mass is 127. The van der Waals surface area contributed by atoms with Gasteiger partial charge in [-0.1, -0.05) is 0 Å². The summed E-state index contributed by atoms with van der Waals surface area (Å²) in [6, 6.07) is 7.88. The lowest BCUT2D eigenvalue weighted by molar-refractivity contribution is 0.566. The summed E-state index contributed by atoms with van der Waals surface area (Å²) in [7, 11) is 1.90. The smallest absolute Gasteiger partial charge is 0.258 e. The van der Waals surface area contributed by atoms with Crippen molar-refractivity contribution in [3.63, 3.8) is 0 Å². The lowest BCUT2D eigenvalue weighted by Crippen LogP contribution is -1.87. The Morgan fingerprint density at radius 3 is 2.94 bits per heavy atom. The normalized spacial score (nSPS) is 11.1. The average molecular weight is 325 g/mol. The minimum atomic E-state index is 0.658. The molecule has 4 nitrogen and oxygen atoms in total. The van der Waals surface area contributed by atoms with Gasteiger partial charge in [-0.2, -0.15) is 5.10 Å². The Morgan fingerprint density at radius 1 is 1.31 bits per heavy atom. The molecule has 0 bridgehead atoms. The summed E-state index contributed by atoms with van der Waals surface area (Å²) in [5, 5.41) is 4.35. The molecule has 0 fully saturated rings. The van der Waals surface area contributed by atoms with Crippen LogP contribution in [0, 0.1) is 3.90 Å². The van der Waals surface area contributed by atoms with Crippen LogP contribution < -0.4 is 0 Å². The molecule has 2 heterocycles. The van der Waals surface area contributed by atoms with Gasteiger partial charge in [0.25, 0.3) is 3.90 Å². The van der Waals surface area contributed by atoms with Gasteiger partial charge in [0.1, 0.15) is 5.52 Å². The van der Waals surface area contributed by atoms with Crippen LogP contribution in [0.2, 0.25) is 0 Å². The van der Waals surface area contributed by atoms with Gasteiger partial charge in [0.2, 0.25) is 0 Å². The molecule has 0 aliphatic heterocycles. The van der Waals surface area contributed by atoms with Crippen LogP contribution in [-0.2, 0) is 7.05 Å². The maximum atomic E-state index is 5.41. The second-order valence-corrected chi connectivity index (χ2v) is 4.45. The van der Waals surface area contributed by atoms with Crippen LogP contribution in [0.1, 0.15) is 0 Å². The zero-order valence-corrected chi connectivity index (χ0v) is 10.7. The SMILES string of the molecule is Cn1ccc(-c2ccc3oc(I)nc3c2)n1. The number of oxazole rings is 1. The number of halogens is 1. The molecule has 5 heteroatoms. The van der Waals surface area contributed by atoms with Gasteiger partial charge >= 0.3 is 0 Å². The number of hydrogen-bond donors (Lipinski definition) is 0. The van der Waals surface area contributed by atoms with Gasteiger partial charge in [0.05, 0.1) is 5.69 Å². The van der Waals surface area contributed by atoms with E-state index in [1.807, 2.05) is 37.5 Å². The van der Waals surface area contributed by atoms with Crippen molar-refractivity contribution in [2.75, 3.05) is 0 Å². The molecule has 0 saturated carbocycles. The minimum absolute atomic E-state index is 0.658. The van der Waals surface area contributed by atoms with Gasteiger partial charge in [-0.3, -0.25) is 4.68 Å². The van der Waals surface area contributed by atoms with Gasteiger partial charge in [0, 0.05) is 41.4 Å². The Kier molecular flexibility index (Phi) is 2.20. The van der Waals surface area contributed by atoms with Crippen molar-refractivity contribution in [3.05, 3.63) is 34.4 Å². The first-order valence-corrected chi connectivity index (χ1v) is 5.86. The standard InChI is InChI=1S/C11H8IN3O/c1-15-5-4-8(14-15)7-2-3-10-9(6-7)13-11(12)16-10/h2-6H,1H3. The summed E-state index contributed by atoms with van der Waals surface area (Å²) in [5.74, 6) is 0. The Morgan fingerprint density at radius 2 is 2.19 bits per heavy atom. The third kappa shape index (κ3) is 1.60. The molecule has 3 rings (SSSR count). The summed E-state index contributed by atoms with van der Waals surface area (Å²) in [6.45, 7) is 0. The van der Waals surface area contributed by atoms with Crippen molar-refractivity contribution in [3.8, 4) is 11.3 Å². The molecule has 1 aromatic carbocycles. The molecule has 0 aliphatic rings. The Labute approximate surface area is 105 Å². The minimum Gasteiger partial charge on any atom is -0.432 e. The predicted molar refractivity (Wildman–Crippen MR) is 68.9 cm³/mol. The van der Waals surface area contributed by atoms with E-state index < -0.39 is 0 Å². The van der Waals surface area contributed by atoms with Crippen LogP contribution in [0.4, 0.5) is 0 Å². The third-order valence-electron chi connectivity index (χ3n) is 2.37. The molecule has 80 valence electrons. The molecule has 0 unspecified atom stereocenters. The highest BCUT2D eigenvalue weighted by Gasteiger charge is 2.06. The van der Waals surface area contributed by atoms with Crippen LogP contribution in [0.3, 0.4) is 0 Å². The number of hydrogen-bond acceptors (Lipinski definition) is 3. The zero-order valence-electron chi connectivity index (χ0n) is 8.51. The van der Waals surface area contributed by atoms with Gasteiger partial charge in [-0.05, 0) is 24.3 Å². The van der Waals surface area contributed by atoms with Crippen molar-refractivity contribution >= 4 is 33.7 Å². The lowest BCUT2D eigenvalue weighted by atomic mass is 10.1. The quantitative estimate of drug-likeness (QED) is 0.646. The van der Waals surface area contributed by atoms with E-state index in [0.29, 0.717) is 3.90 Å². The van der Waals surface area contributed by atoms with Crippen LogP contribution in [0.5, 0.6) is 0 Å². The number of benzene rings is 1. The Balaban J connectivity index is 2.17. The maximum Gasteiger partial charge on any atom is 0.258 e. The molecule has 0 N–H and O–H groups in total.